The molecule has 1 aromatic carbocycles. The van der Waals surface area contributed by atoms with Gasteiger partial charge in [-0.05, 0) is 37.3 Å². The van der Waals surface area contributed by atoms with Gasteiger partial charge in [-0.15, -0.1) is 0 Å². The molecule has 1 aliphatic carbocycles. The number of benzene rings is 1. The molecule has 8 heteroatoms. The molecule has 116 valence electrons. The van der Waals surface area contributed by atoms with Crippen molar-refractivity contribution < 1.29 is 13.2 Å². The van der Waals surface area contributed by atoms with Crippen LogP contribution in [0.5, 0.6) is 0 Å². The zero-order valence-electron chi connectivity index (χ0n) is 11.2. The summed E-state index contributed by atoms with van der Waals surface area (Å²) >= 11 is 11.8. The summed E-state index contributed by atoms with van der Waals surface area (Å²) < 4.78 is 22.9. The minimum absolute atomic E-state index is 0.0554. The molecule has 0 bridgehead atoms. The smallest absolute Gasteiger partial charge is 0.262 e. The normalized spacial score (nSPS) is 22.3. The van der Waals surface area contributed by atoms with E-state index in [2.05, 4.69) is 12.2 Å². The largest absolute Gasteiger partial charge is 0.349 e. The minimum Gasteiger partial charge on any atom is -0.349 e. The Kier molecular flexibility index (Phi) is 5.08. The summed E-state index contributed by atoms with van der Waals surface area (Å²) in [6.45, 7) is 2.12. The van der Waals surface area contributed by atoms with Gasteiger partial charge in [-0.1, -0.05) is 30.1 Å². The molecule has 1 N–H and O–H groups in total. The van der Waals surface area contributed by atoms with E-state index in [9.17, 15) is 13.2 Å². The van der Waals surface area contributed by atoms with Crippen LogP contribution in [0.3, 0.4) is 0 Å². The first-order valence-corrected chi connectivity index (χ1v) is 9.49. The predicted octanol–water partition coefficient (Wildman–Crippen LogP) is 3.84. The number of amides is 1. The van der Waals surface area contributed by atoms with Crippen LogP contribution in [0.2, 0.25) is 10.0 Å². The molecule has 4 nitrogen and oxygen atoms in total. The van der Waals surface area contributed by atoms with E-state index in [-0.39, 0.29) is 26.5 Å². The van der Waals surface area contributed by atoms with Gasteiger partial charge < -0.3 is 5.32 Å². The topological polar surface area (TPSA) is 63.2 Å². The Bertz CT molecular complexity index is 675. The van der Waals surface area contributed by atoms with Crippen molar-refractivity contribution in [1.29, 1.82) is 0 Å². The van der Waals surface area contributed by atoms with E-state index in [4.69, 9.17) is 33.9 Å². The number of carbonyl (C=O) groups excluding carboxylic acids is 1. The standard InChI is InChI=1S/C13H14Cl3NO3S/c1-7-2-3-8(4-7)17-13(18)9-5-12(21(16,19)20)11(15)6-10(9)14/h5-8H,2-4H2,1H3,(H,17,18). The van der Waals surface area contributed by atoms with Crippen LogP contribution in [-0.2, 0) is 9.05 Å². The van der Waals surface area contributed by atoms with E-state index < -0.39 is 15.0 Å². The highest BCUT2D eigenvalue weighted by atomic mass is 35.7. The summed E-state index contributed by atoms with van der Waals surface area (Å²) in [5.41, 5.74) is 0.0554. The number of nitrogens with one attached hydrogen (secondary N) is 1. The molecule has 0 heterocycles. The number of hydrogen-bond acceptors (Lipinski definition) is 3. The van der Waals surface area contributed by atoms with Crippen molar-refractivity contribution in [3.8, 4) is 0 Å². The van der Waals surface area contributed by atoms with Gasteiger partial charge >= 0.3 is 0 Å². The second kappa shape index (κ2) is 6.32. The van der Waals surface area contributed by atoms with Crippen LogP contribution < -0.4 is 5.32 Å². The van der Waals surface area contributed by atoms with Gasteiger partial charge in [0.25, 0.3) is 15.0 Å². The van der Waals surface area contributed by atoms with Crippen molar-refractivity contribution in [3.05, 3.63) is 27.7 Å². The van der Waals surface area contributed by atoms with Gasteiger partial charge in [0.2, 0.25) is 0 Å². The quantitative estimate of drug-likeness (QED) is 0.822. The third kappa shape index (κ3) is 4.03. The third-order valence-electron chi connectivity index (χ3n) is 3.56. The molecular weight excluding hydrogens is 357 g/mol. The molecule has 0 radical (unpaired) electrons. The van der Waals surface area contributed by atoms with Gasteiger partial charge in [-0.2, -0.15) is 0 Å². The fourth-order valence-corrected chi connectivity index (χ4v) is 4.32. The summed E-state index contributed by atoms with van der Waals surface area (Å²) in [4.78, 5) is 11.9. The Morgan fingerprint density at radius 1 is 1.24 bits per heavy atom. The molecule has 1 saturated carbocycles. The first-order chi connectivity index (χ1) is 9.68. The molecule has 21 heavy (non-hydrogen) atoms. The molecular formula is C13H14Cl3NO3S. The number of rotatable bonds is 3. The molecule has 1 fully saturated rings. The summed E-state index contributed by atoms with van der Waals surface area (Å²) in [6.07, 6.45) is 2.86. The number of halogens is 3. The Morgan fingerprint density at radius 2 is 1.90 bits per heavy atom. The molecule has 0 saturated heterocycles. The summed E-state index contributed by atoms with van der Waals surface area (Å²) in [5.74, 6) is 0.145. The molecule has 2 atom stereocenters. The van der Waals surface area contributed by atoms with Gasteiger partial charge in [0.05, 0.1) is 15.6 Å². The van der Waals surface area contributed by atoms with E-state index in [0.717, 1.165) is 25.3 Å². The second-order valence-corrected chi connectivity index (χ2v) is 8.64. The average molecular weight is 371 g/mol. The van der Waals surface area contributed by atoms with E-state index >= 15 is 0 Å². The first-order valence-electron chi connectivity index (χ1n) is 6.43. The van der Waals surface area contributed by atoms with Gasteiger partial charge in [-0.25, -0.2) is 8.42 Å². The zero-order valence-corrected chi connectivity index (χ0v) is 14.3. The molecule has 0 aliphatic heterocycles. The van der Waals surface area contributed by atoms with Crippen molar-refractivity contribution in [2.45, 2.75) is 37.1 Å². The molecule has 2 unspecified atom stereocenters. The van der Waals surface area contributed by atoms with Crippen LogP contribution in [0, 0.1) is 5.92 Å². The fraction of sp³-hybridized carbons (Fsp3) is 0.462. The van der Waals surface area contributed by atoms with E-state index in [1.165, 1.54) is 6.07 Å². The lowest BCUT2D eigenvalue weighted by Gasteiger charge is -2.14. The van der Waals surface area contributed by atoms with E-state index in [1.54, 1.807) is 0 Å². The monoisotopic (exact) mass is 369 g/mol. The molecule has 2 rings (SSSR count). The van der Waals surface area contributed by atoms with Gasteiger partial charge in [0.1, 0.15) is 4.90 Å². The maximum absolute atomic E-state index is 12.2. The predicted molar refractivity (Wildman–Crippen MR) is 83.8 cm³/mol. The Hall–Kier alpha value is -0.490. The summed E-state index contributed by atoms with van der Waals surface area (Å²) in [6, 6.07) is 2.40. The minimum atomic E-state index is -4.04. The van der Waals surface area contributed by atoms with Crippen LogP contribution in [0.15, 0.2) is 17.0 Å². The Morgan fingerprint density at radius 3 is 2.43 bits per heavy atom. The van der Waals surface area contributed by atoms with E-state index in [1.807, 2.05) is 0 Å². The third-order valence-corrected chi connectivity index (χ3v) is 5.66. The second-order valence-electron chi connectivity index (χ2n) is 5.29. The lowest BCUT2D eigenvalue weighted by atomic mass is 10.1. The Balaban J connectivity index is 2.29. The SMILES string of the molecule is CC1CCC(NC(=O)c2cc(S(=O)(=O)Cl)c(Cl)cc2Cl)C1. The molecule has 1 aliphatic rings. The lowest BCUT2D eigenvalue weighted by Crippen LogP contribution is -2.33. The molecule has 0 spiro atoms. The number of hydrogen-bond donors (Lipinski definition) is 1. The van der Waals surface area contributed by atoms with Crippen molar-refractivity contribution >= 4 is 48.8 Å². The average Bonchev–Trinajstić information content (AvgIpc) is 2.72. The van der Waals surface area contributed by atoms with Crippen LogP contribution in [0.25, 0.3) is 0 Å². The first kappa shape index (κ1) is 16.9. The van der Waals surface area contributed by atoms with Crippen LogP contribution in [0.1, 0.15) is 36.5 Å². The van der Waals surface area contributed by atoms with Crippen molar-refractivity contribution in [2.24, 2.45) is 5.92 Å². The van der Waals surface area contributed by atoms with Gasteiger partial charge in [0.15, 0.2) is 0 Å². The molecule has 1 aromatic rings. The van der Waals surface area contributed by atoms with E-state index in [0.29, 0.717) is 5.92 Å². The fourth-order valence-electron chi connectivity index (χ4n) is 2.49. The highest BCUT2D eigenvalue weighted by Crippen LogP contribution is 2.31. The van der Waals surface area contributed by atoms with Crippen molar-refractivity contribution in [3.63, 3.8) is 0 Å². The number of carbonyl (C=O) groups is 1. The zero-order chi connectivity index (χ0) is 15.8. The van der Waals surface area contributed by atoms with Crippen molar-refractivity contribution in [1.82, 2.24) is 5.32 Å². The Labute approximate surface area is 138 Å². The molecule has 1 amide bonds. The summed E-state index contributed by atoms with van der Waals surface area (Å²) in [5, 5.41) is 2.84. The molecule has 0 aromatic heterocycles. The van der Waals surface area contributed by atoms with Gasteiger partial charge in [0, 0.05) is 16.7 Å². The van der Waals surface area contributed by atoms with Crippen LogP contribution >= 0.6 is 33.9 Å². The van der Waals surface area contributed by atoms with Crippen LogP contribution in [-0.4, -0.2) is 20.4 Å². The maximum Gasteiger partial charge on any atom is 0.262 e. The lowest BCUT2D eigenvalue weighted by molar-refractivity contribution is 0.0937. The van der Waals surface area contributed by atoms with Crippen LogP contribution in [0.4, 0.5) is 0 Å². The van der Waals surface area contributed by atoms with Crippen molar-refractivity contribution in [2.75, 3.05) is 0 Å². The maximum atomic E-state index is 12.2. The van der Waals surface area contributed by atoms with Gasteiger partial charge in [-0.3, -0.25) is 4.79 Å². The highest BCUT2D eigenvalue weighted by Gasteiger charge is 2.25. The summed E-state index contributed by atoms with van der Waals surface area (Å²) in [7, 11) is 1.25. The highest BCUT2D eigenvalue weighted by molar-refractivity contribution is 8.13.